The lowest BCUT2D eigenvalue weighted by molar-refractivity contribution is 0.0476. The van der Waals surface area contributed by atoms with Gasteiger partial charge in [0.2, 0.25) is 0 Å². The molecule has 0 N–H and O–H groups in total. The number of rotatable bonds is 11. The Hall–Kier alpha value is -3.79. The first-order valence-electron chi connectivity index (χ1n) is 12.8. The Balaban J connectivity index is 1.50. The number of unbranched alkanes of at least 4 members (excludes halogenated alkanes) is 4. The van der Waals surface area contributed by atoms with Crippen LogP contribution in [-0.4, -0.2) is 23.3 Å². The van der Waals surface area contributed by atoms with Crippen LogP contribution in [0.2, 0.25) is 0 Å². The molecule has 4 rings (SSSR count). The van der Waals surface area contributed by atoms with Crippen molar-refractivity contribution in [1.29, 1.82) is 0 Å². The highest BCUT2D eigenvalue weighted by atomic mass is 16.5. The molecule has 0 unspecified atom stereocenters. The summed E-state index contributed by atoms with van der Waals surface area (Å²) in [6, 6.07) is 24.9. The van der Waals surface area contributed by atoms with Crippen LogP contribution < -0.4 is 0 Å². The average molecular weight is 480 g/mol. The Bertz CT molecular complexity index is 1320. The summed E-state index contributed by atoms with van der Waals surface area (Å²) in [5, 5.41) is 0.706. The molecule has 4 heteroatoms. The van der Waals surface area contributed by atoms with Gasteiger partial charge in [-0.15, -0.1) is 0 Å². The topological polar surface area (TPSA) is 56.3 Å². The Morgan fingerprint density at radius 2 is 1.56 bits per heavy atom. The predicted molar refractivity (Wildman–Crippen MR) is 145 cm³/mol. The van der Waals surface area contributed by atoms with Crippen molar-refractivity contribution < 1.29 is 14.3 Å². The number of benzene rings is 3. The van der Waals surface area contributed by atoms with Crippen LogP contribution in [0.15, 0.2) is 78.9 Å². The first-order valence-corrected chi connectivity index (χ1v) is 12.8. The summed E-state index contributed by atoms with van der Waals surface area (Å²) < 4.78 is 5.45. The second kappa shape index (κ2) is 12.3. The number of hydrogen-bond acceptors (Lipinski definition) is 4. The van der Waals surface area contributed by atoms with E-state index in [1.54, 1.807) is 18.2 Å². The Morgan fingerprint density at radius 3 is 2.31 bits per heavy atom. The van der Waals surface area contributed by atoms with Gasteiger partial charge in [-0.1, -0.05) is 105 Å². The highest BCUT2D eigenvalue weighted by Crippen LogP contribution is 2.26. The maximum atomic E-state index is 13.1. The number of esters is 1. The van der Waals surface area contributed by atoms with E-state index in [0.29, 0.717) is 27.7 Å². The van der Waals surface area contributed by atoms with Crippen LogP contribution in [0, 0.1) is 6.92 Å². The molecule has 3 aromatic carbocycles. The van der Waals surface area contributed by atoms with E-state index < -0.39 is 5.97 Å². The van der Waals surface area contributed by atoms with Gasteiger partial charge in [0.25, 0.3) is 0 Å². The van der Waals surface area contributed by atoms with Crippen LogP contribution in [0.25, 0.3) is 22.2 Å². The van der Waals surface area contributed by atoms with Gasteiger partial charge in [-0.2, -0.15) is 0 Å². The van der Waals surface area contributed by atoms with Crippen molar-refractivity contribution >= 4 is 22.7 Å². The number of hydrogen-bond donors (Lipinski definition) is 0. The van der Waals surface area contributed by atoms with Gasteiger partial charge >= 0.3 is 5.97 Å². The standard InChI is InChI=1S/C32H33NO3/c1-3-4-5-6-7-10-24-15-19-25(20-16-24)30-21-28(27-11-8-9-12-29(27)33-30)32(35)36-22-31(34)26-17-13-23(2)14-18-26/h8-9,11-21H,3-7,10,22H2,1-2H3. The number of fused-ring (bicyclic) bond motifs is 1. The summed E-state index contributed by atoms with van der Waals surface area (Å²) in [6.07, 6.45) is 7.39. The zero-order valence-electron chi connectivity index (χ0n) is 21.1. The van der Waals surface area contributed by atoms with E-state index in [-0.39, 0.29) is 12.4 Å². The first-order chi connectivity index (χ1) is 17.5. The number of pyridine rings is 1. The molecule has 0 aliphatic carbocycles. The third-order valence-corrected chi connectivity index (χ3v) is 6.46. The Morgan fingerprint density at radius 1 is 0.833 bits per heavy atom. The molecule has 0 fully saturated rings. The van der Waals surface area contributed by atoms with Crippen molar-refractivity contribution in [1.82, 2.24) is 4.98 Å². The third kappa shape index (κ3) is 6.45. The Kier molecular flexibility index (Phi) is 8.62. The molecule has 4 aromatic rings. The minimum Gasteiger partial charge on any atom is -0.454 e. The van der Waals surface area contributed by atoms with E-state index in [1.807, 2.05) is 43.3 Å². The van der Waals surface area contributed by atoms with Crippen LogP contribution in [0.3, 0.4) is 0 Å². The molecule has 1 heterocycles. The fourth-order valence-electron chi connectivity index (χ4n) is 4.30. The fraction of sp³-hybridized carbons (Fsp3) is 0.281. The summed E-state index contributed by atoms with van der Waals surface area (Å²) in [6.45, 7) is 3.89. The predicted octanol–water partition coefficient (Wildman–Crippen LogP) is 7.76. The lowest BCUT2D eigenvalue weighted by Gasteiger charge is -2.11. The lowest BCUT2D eigenvalue weighted by atomic mass is 10.0. The first kappa shape index (κ1) is 25.3. The van der Waals surface area contributed by atoms with Crippen LogP contribution in [0.5, 0.6) is 0 Å². The monoisotopic (exact) mass is 479 g/mol. The van der Waals surface area contributed by atoms with Crippen LogP contribution >= 0.6 is 0 Å². The number of carbonyl (C=O) groups is 2. The van der Waals surface area contributed by atoms with Gasteiger partial charge in [-0.3, -0.25) is 4.79 Å². The number of aryl methyl sites for hydroxylation is 2. The van der Waals surface area contributed by atoms with Gasteiger partial charge in [-0.05, 0) is 37.5 Å². The minimum absolute atomic E-state index is 0.229. The highest BCUT2D eigenvalue weighted by Gasteiger charge is 2.17. The highest BCUT2D eigenvalue weighted by molar-refractivity contribution is 6.06. The zero-order chi connectivity index (χ0) is 25.3. The number of Topliss-reactive ketones (excluding diaryl/α,β-unsaturated/α-hetero) is 1. The van der Waals surface area contributed by atoms with E-state index in [1.165, 1.54) is 37.7 Å². The molecule has 0 saturated heterocycles. The molecular formula is C32H33NO3. The molecule has 0 bridgehead atoms. The number of carbonyl (C=O) groups excluding carboxylic acids is 2. The number of para-hydroxylation sites is 1. The summed E-state index contributed by atoms with van der Waals surface area (Å²) in [5.74, 6) is -0.758. The van der Waals surface area contributed by atoms with Gasteiger partial charge in [0.15, 0.2) is 12.4 Å². The molecular weight excluding hydrogens is 446 g/mol. The lowest BCUT2D eigenvalue weighted by Crippen LogP contribution is -2.15. The quantitative estimate of drug-likeness (QED) is 0.125. The van der Waals surface area contributed by atoms with Crippen LogP contribution in [0.4, 0.5) is 0 Å². The Labute approximate surface area is 213 Å². The van der Waals surface area contributed by atoms with Crippen LogP contribution in [0.1, 0.15) is 70.9 Å². The molecule has 0 atom stereocenters. The maximum absolute atomic E-state index is 13.1. The third-order valence-electron chi connectivity index (χ3n) is 6.46. The van der Waals surface area contributed by atoms with Crippen LogP contribution in [-0.2, 0) is 11.2 Å². The molecule has 4 nitrogen and oxygen atoms in total. The number of ketones is 1. The summed E-state index contributed by atoms with van der Waals surface area (Å²) in [7, 11) is 0. The number of nitrogens with zero attached hydrogens (tertiary/aromatic N) is 1. The van der Waals surface area contributed by atoms with Crippen molar-refractivity contribution in [2.75, 3.05) is 6.61 Å². The molecule has 36 heavy (non-hydrogen) atoms. The second-order valence-electron chi connectivity index (χ2n) is 9.30. The largest absolute Gasteiger partial charge is 0.454 e. The van der Waals surface area contributed by atoms with Gasteiger partial charge < -0.3 is 4.74 Å². The van der Waals surface area contributed by atoms with Gasteiger partial charge in [0, 0.05) is 16.5 Å². The molecule has 0 spiro atoms. The molecule has 1 aromatic heterocycles. The minimum atomic E-state index is -0.529. The molecule has 0 amide bonds. The second-order valence-corrected chi connectivity index (χ2v) is 9.30. The number of ether oxygens (including phenoxy) is 1. The van der Waals surface area contributed by atoms with Crippen molar-refractivity contribution in [2.45, 2.75) is 52.4 Å². The van der Waals surface area contributed by atoms with Gasteiger partial charge in [0.05, 0.1) is 16.8 Å². The summed E-state index contributed by atoms with van der Waals surface area (Å²) in [4.78, 5) is 30.4. The van der Waals surface area contributed by atoms with E-state index in [2.05, 4.69) is 31.2 Å². The fourth-order valence-corrected chi connectivity index (χ4v) is 4.30. The van der Waals surface area contributed by atoms with E-state index in [9.17, 15) is 9.59 Å². The van der Waals surface area contributed by atoms with E-state index >= 15 is 0 Å². The summed E-state index contributed by atoms with van der Waals surface area (Å²) >= 11 is 0. The van der Waals surface area contributed by atoms with Crippen molar-refractivity contribution in [2.24, 2.45) is 0 Å². The molecule has 184 valence electrons. The van der Waals surface area contributed by atoms with Crippen molar-refractivity contribution in [3.8, 4) is 11.3 Å². The molecule has 0 radical (unpaired) electrons. The van der Waals surface area contributed by atoms with Gasteiger partial charge in [-0.25, -0.2) is 9.78 Å². The van der Waals surface area contributed by atoms with E-state index in [0.717, 1.165) is 17.5 Å². The van der Waals surface area contributed by atoms with E-state index in [4.69, 9.17) is 9.72 Å². The normalized spacial score (nSPS) is 10.9. The van der Waals surface area contributed by atoms with Crippen molar-refractivity contribution in [3.05, 3.63) is 101 Å². The average Bonchev–Trinajstić information content (AvgIpc) is 2.91. The maximum Gasteiger partial charge on any atom is 0.339 e. The smallest absolute Gasteiger partial charge is 0.339 e. The number of aromatic nitrogens is 1. The molecule has 0 saturated carbocycles. The zero-order valence-corrected chi connectivity index (χ0v) is 21.1. The SMILES string of the molecule is CCCCCCCc1ccc(-c2cc(C(=O)OCC(=O)c3ccc(C)cc3)c3ccccc3n2)cc1. The van der Waals surface area contributed by atoms with Gasteiger partial charge in [0.1, 0.15) is 0 Å². The van der Waals surface area contributed by atoms with Crippen molar-refractivity contribution in [3.63, 3.8) is 0 Å². The molecule has 0 aliphatic heterocycles. The summed E-state index contributed by atoms with van der Waals surface area (Å²) in [5.41, 5.74) is 5.68. The molecule has 0 aliphatic rings.